The van der Waals surface area contributed by atoms with Crippen molar-refractivity contribution in [3.63, 3.8) is 0 Å². The Morgan fingerprint density at radius 3 is 3.00 bits per heavy atom. The Bertz CT molecular complexity index is 358. The van der Waals surface area contributed by atoms with Gasteiger partial charge >= 0.3 is 5.97 Å². The third-order valence-corrected chi connectivity index (χ3v) is 2.52. The van der Waals surface area contributed by atoms with Crippen LogP contribution in [-0.4, -0.2) is 22.1 Å². The molecule has 1 heterocycles. The van der Waals surface area contributed by atoms with Crippen LogP contribution in [0.5, 0.6) is 0 Å². The Balaban J connectivity index is 2.68. The van der Waals surface area contributed by atoms with Gasteiger partial charge in [0.2, 0.25) is 0 Å². The number of anilines is 1. The molecule has 88 valence electrons. The minimum atomic E-state index is -0.879. The number of rotatable bonds is 6. The van der Waals surface area contributed by atoms with E-state index >= 15 is 0 Å². The van der Waals surface area contributed by atoms with Crippen molar-refractivity contribution in [3.05, 3.63) is 23.4 Å². The highest BCUT2D eigenvalue weighted by Crippen LogP contribution is 2.19. The summed E-state index contributed by atoms with van der Waals surface area (Å²) in [6.45, 7) is 2.02. The summed E-state index contributed by atoms with van der Waals surface area (Å²) in [4.78, 5) is 15.0. The maximum Gasteiger partial charge on any atom is 0.326 e. The van der Waals surface area contributed by atoms with Crippen LogP contribution in [0.2, 0.25) is 5.02 Å². The average Bonchev–Trinajstić information content (AvgIpc) is 2.26. The lowest BCUT2D eigenvalue weighted by molar-refractivity contribution is -0.138. The van der Waals surface area contributed by atoms with Crippen LogP contribution in [0, 0.1) is 0 Å². The van der Waals surface area contributed by atoms with Crippen LogP contribution in [0.3, 0.4) is 0 Å². The van der Waals surface area contributed by atoms with E-state index < -0.39 is 12.0 Å². The van der Waals surface area contributed by atoms with Gasteiger partial charge in [0.25, 0.3) is 0 Å². The van der Waals surface area contributed by atoms with Gasteiger partial charge in [-0.15, -0.1) is 0 Å². The van der Waals surface area contributed by atoms with Crippen molar-refractivity contribution in [1.29, 1.82) is 0 Å². The molecule has 0 radical (unpaired) electrons. The maximum atomic E-state index is 11.0. The van der Waals surface area contributed by atoms with Crippen molar-refractivity contribution in [2.45, 2.75) is 32.2 Å². The van der Waals surface area contributed by atoms with Gasteiger partial charge < -0.3 is 10.4 Å². The van der Waals surface area contributed by atoms with Crippen LogP contribution in [0.15, 0.2) is 18.3 Å². The molecule has 2 N–H and O–H groups in total. The van der Waals surface area contributed by atoms with Crippen molar-refractivity contribution in [3.8, 4) is 0 Å². The van der Waals surface area contributed by atoms with Gasteiger partial charge in [-0.2, -0.15) is 0 Å². The van der Waals surface area contributed by atoms with E-state index in [1.165, 1.54) is 0 Å². The van der Waals surface area contributed by atoms with E-state index in [0.29, 0.717) is 17.3 Å². The summed E-state index contributed by atoms with van der Waals surface area (Å²) in [7, 11) is 0. The normalized spacial score (nSPS) is 12.1. The Morgan fingerprint density at radius 2 is 2.44 bits per heavy atom. The topological polar surface area (TPSA) is 62.2 Å². The molecule has 1 aromatic rings. The molecular weight excluding hydrogens is 228 g/mol. The van der Waals surface area contributed by atoms with Crippen molar-refractivity contribution in [2.75, 3.05) is 5.32 Å². The van der Waals surface area contributed by atoms with Crippen molar-refractivity contribution in [1.82, 2.24) is 4.98 Å². The smallest absolute Gasteiger partial charge is 0.326 e. The molecule has 0 saturated carbocycles. The molecule has 0 aromatic carbocycles. The number of carboxylic acid groups (broad SMARTS) is 1. The third kappa shape index (κ3) is 3.70. The minimum Gasteiger partial charge on any atom is -0.480 e. The van der Waals surface area contributed by atoms with E-state index in [2.05, 4.69) is 10.3 Å². The number of nitrogens with zero attached hydrogens (tertiary/aromatic N) is 1. The first kappa shape index (κ1) is 12.8. The molecule has 1 aromatic heterocycles. The van der Waals surface area contributed by atoms with E-state index in [4.69, 9.17) is 16.7 Å². The number of carboxylic acids is 1. The molecule has 0 unspecified atom stereocenters. The lowest BCUT2D eigenvalue weighted by Crippen LogP contribution is -2.29. The van der Waals surface area contributed by atoms with Crippen LogP contribution in [0.25, 0.3) is 0 Å². The second-order valence-electron chi connectivity index (χ2n) is 3.51. The van der Waals surface area contributed by atoms with E-state index in [1.807, 2.05) is 6.92 Å². The summed E-state index contributed by atoms with van der Waals surface area (Å²) in [6, 6.07) is 2.75. The van der Waals surface area contributed by atoms with Gasteiger partial charge in [-0.1, -0.05) is 31.4 Å². The van der Waals surface area contributed by atoms with Gasteiger partial charge in [-0.05, 0) is 18.6 Å². The van der Waals surface area contributed by atoms with Crippen LogP contribution in [0.1, 0.15) is 26.2 Å². The summed E-state index contributed by atoms with van der Waals surface area (Å²) >= 11 is 5.89. The number of pyridine rings is 1. The first-order chi connectivity index (χ1) is 7.65. The molecule has 1 rings (SSSR count). The van der Waals surface area contributed by atoms with Crippen LogP contribution >= 0.6 is 11.6 Å². The highest BCUT2D eigenvalue weighted by Gasteiger charge is 2.17. The summed E-state index contributed by atoms with van der Waals surface area (Å²) in [5.74, 6) is -0.456. The van der Waals surface area contributed by atoms with Crippen LogP contribution in [-0.2, 0) is 4.79 Å². The van der Waals surface area contributed by atoms with Crippen LogP contribution in [0.4, 0.5) is 5.82 Å². The molecule has 4 nitrogen and oxygen atoms in total. The Morgan fingerprint density at radius 1 is 1.69 bits per heavy atom. The molecule has 16 heavy (non-hydrogen) atoms. The molecule has 0 bridgehead atoms. The number of unbranched alkanes of at least 4 members (excludes halogenated alkanes) is 1. The zero-order valence-electron chi connectivity index (χ0n) is 9.11. The third-order valence-electron chi connectivity index (χ3n) is 2.21. The van der Waals surface area contributed by atoms with E-state index in [9.17, 15) is 4.79 Å². The molecule has 0 spiro atoms. The molecule has 0 fully saturated rings. The van der Waals surface area contributed by atoms with Gasteiger partial charge in [-0.3, -0.25) is 0 Å². The summed E-state index contributed by atoms with van der Waals surface area (Å²) in [5.41, 5.74) is 0. The Hall–Kier alpha value is -1.29. The molecule has 0 aliphatic carbocycles. The fraction of sp³-hybridized carbons (Fsp3) is 0.455. The quantitative estimate of drug-likeness (QED) is 0.805. The van der Waals surface area contributed by atoms with E-state index in [1.54, 1.807) is 18.3 Å². The maximum absolute atomic E-state index is 11.0. The van der Waals surface area contributed by atoms with E-state index in [-0.39, 0.29) is 0 Å². The SMILES string of the molecule is CCCC[C@H](Nc1ncccc1Cl)C(=O)O. The zero-order valence-corrected chi connectivity index (χ0v) is 9.87. The number of carbonyl (C=O) groups is 1. The largest absolute Gasteiger partial charge is 0.480 e. The fourth-order valence-electron chi connectivity index (χ4n) is 1.32. The number of hydrogen-bond acceptors (Lipinski definition) is 3. The summed E-state index contributed by atoms with van der Waals surface area (Å²) < 4.78 is 0. The molecule has 0 aliphatic rings. The van der Waals surface area contributed by atoms with Gasteiger partial charge in [0.05, 0.1) is 5.02 Å². The number of hydrogen-bond donors (Lipinski definition) is 2. The minimum absolute atomic E-state index is 0.424. The average molecular weight is 243 g/mol. The monoisotopic (exact) mass is 242 g/mol. The molecule has 0 aliphatic heterocycles. The first-order valence-electron chi connectivity index (χ1n) is 5.25. The summed E-state index contributed by atoms with van der Waals surface area (Å²) in [6.07, 6.45) is 3.96. The van der Waals surface area contributed by atoms with Gasteiger partial charge in [0.15, 0.2) is 0 Å². The predicted octanol–water partition coefficient (Wildman–Crippen LogP) is 2.79. The molecule has 1 atom stereocenters. The lowest BCUT2D eigenvalue weighted by atomic mass is 10.1. The molecular formula is C11H15ClN2O2. The standard InChI is InChI=1S/C11H15ClN2O2/c1-2-3-6-9(11(15)16)14-10-8(12)5-4-7-13-10/h4-5,7,9H,2-3,6H2,1H3,(H,13,14)(H,15,16)/t9-/m0/s1. The van der Waals surface area contributed by atoms with Gasteiger partial charge in [-0.25, -0.2) is 9.78 Å². The molecule has 0 amide bonds. The predicted molar refractivity (Wildman–Crippen MR) is 63.8 cm³/mol. The highest BCUT2D eigenvalue weighted by molar-refractivity contribution is 6.32. The second kappa shape index (κ2) is 6.33. The van der Waals surface area contributed by atoms with Crippen molar-refractivity contribution in [2.24, 2.45) is 0 Å². The zero-order chi connectivity index (χ0) is 12.0. The van der Waals surface area contributed by atoms with Gasteiger partial charge in [0, 0.05) is 6.20 Å². The van der Waals surface area contributed by atoms with Crippen molar-refractivity contribution >= 4 is 23.4 Å². The first-order valence-corrected chi connectivity index (χ1v) is 5.62. The number of halogens is 1. The lowest BCUT2D eigenvalue weighted by Gasteiger charge is -2.15. The summed E-state index contributed by atoms with van der Waals surface area (Å²) in [5, 5.41) is 12.3. The molecule has 0 saturated heterocycles. The van der Waals surface area contributed by atoms with Crippen LogP contribution < -0.4 is 5.32 Å². The van der Waals surface area contributed by atoms with Gasteiger partial charge in [0.1, 0.15) is 11.9 Å². The second-order valence-corrected chi connectivity index (χ2v) is 3.92. The van der Waals surface area contributed by atoms with E-state index in [0.717, 1.165) is 12.8 Å². The number of aromatic nitrogens is 1. The highest BCUT2D eigenvalue weighted by atomic mass is 35.5. The molecule has 5 heteroatoms. The number of nitrogens with one attached hydrogen (secondary N) is 1. The Labute approximate surface area is 99.6 Å². The Kier molecular flexibility index (Phi) is 5.05. The van der Waals surface area contributed by atoms with Crippen molar-refractivity contribution < 1.29 is 9.90 Å². The fourth-order valence-corrected chi connectivity index (χ4v) is 1.50. The number of aliphatic carboxylic acids is 1.